The number of hydrogen-bond acceptors (Lipinski definition) is 4. The van der Waals surface area contributed by atoms with E-state index >= 15 is 0 Å². The number of carbonyl (C=O) groups is 3. The summed E-state index contributed by atoms with van der Waals surface area (Å²) in [6.07, 6.45) is 2.68. The molecule has 0 radical (unpaired) electrons. The maximum absolute atomic E-state index is 11.4. The number of urea groups is 1. The van der Waals surface area contributed by atoms with E-state index in [0.29, 0.717) is 11.6 Å². The van der Waals surface area contributed by atoms with Gasteiger partial charge in [0.15, 0.2) is 6.61 Å². The number of carbonyl (C=O) groups excluding carboxylic acids is 3. The van der Waals surface area contributed by atoms with Gasteiger partial charge in [-0.05, 0) is 30.7 Å². The molecule has 0 saturated heterocycles. The van der Waals surface area contributed by atoms with Gasteiger partial charge < -0.3 is 10.1 Å². The van der Waals surface area contributed by atoms with Gasteiger partial charge in [-0.2, -0.15) is 0 Å². The van der Waals surface area contributed by atoms with Gasteiger partial charge in [-0.1, -0.05) is 23.7 Å². The van der Waals surface area contributed by atoms with Crippen molar-refractivity contribution in [1.29, 1.82) is 0 Å². The van der Waals surface area contributed by atoms with Crippen LogP contribution in [-0.2, 0) is 14.3 Å². The minimum absolute atomic E-state index is 0.390. The number of esters is 1. The standard InChI is InChI=1S/C14H15ClN2O4/c1-2-16-14(20)17-12(18)9-21-13(19)7-6-10-4-3-5-11(15)8-10/h3-8H,2,9H2,1H3,(H2,16,17,18,20)/b7-6+. The monoisotopic (exact) mass is 310 g/mol. The van der Waals surface area contributed by atoms with Gasteiger partial charge in [-0.25, -0.2) is 9.59 Å². The third kappa shape index (κ3) is 7.12. The summed E-state index contributed by atoms with van der Waals surface area (Å²) in [5.74, 6) is -1.40. The largest absolute Gasteiger partial charge is 0.452 e. The van der Waals surface area contributed by atoms with E-state index in [1.54, 1.807) is 31.2 Å². The van der Waals surface area contributed by atoms with Gasteiger partial charge in [0.2, 0.25) is 0 Å². The van der Waals surface area contributed by atoms with Crippen LogP contribution in [0.1, 0.15) is 12.5 Å². The van der Waals surface area contributed by atoms with Crippen molar-refractivity contribution in [2.24, 2.45) is 0 Å². The van der Waals surface area contributed by atoms with Crippen molar-refractivity contribution in [1.82, 2.24) is 10.6 Å². The number of imide groups is 1. The first-order valence-corrected chi connectivity index (χ1v) is 6.57. The highest BCUT2D eigenvalue weighted by molar-refractivity contribution is 6.30. The molecule has 7 heteroatoms. The van der Waals surface area contributed by atoms with E-state index in [1.165, 1.54) is 12.2 Å². The first-order valence-electron chi connectivity index (χ1n) is 6.19. The average Bonchev–Trinajstić information content (AvgIpc) is 2.43. The Balaban J connectivity index is 2.37. The fraction of sp³-hybridized carbons (Fsp3) is 0.214. The third-order valence-corrected chi connectivity index (χ3v) is 2.43. The van der Waals surface area contributed by atoms with Crippen LogP contribution in [0.3, 0.4) is 0 Å². The molecular weight excluding hydrogens is 296 g/mol. The Hall–Kier alpha value is -2.34. The Labute approximate surface area is 127 Å². The highest BCUT2D eigenvalue weighted by Gasteiger charge is 2.08. The van der Waals surface area contributed by atoms with E-state index in [0.717, 1.165) is 5.56 Å². The molecule has 21 heavy (non-hydrogen) atoms. The van der Waals surface area contributed by atoms with Crippen LogP contribution in [0, 0.1) is 0 Å². The van der Waals surface area contributed by atoms with Crippen LogP contribution < -0.4 is 10.6 Å². The van der Waals surface area contributed by atoms with Gasteiger partial charge in [0, 0.05) is 17.6 Å². The molecule has 0 bridgehead atoms. The van der Waals surface area contributed by atoms with Crippen molar-refractivity contribution in [2.75, 3.05) is 13.2 Å². The van der Waals surface area contributed by atoms with Gasteiger partial charge in [0.1, 0.15) is 0 Å². The fourth-order valence-electron chi connectivity index (χ4n) is 1.33. The minimum Gasteiger partial charge on any atom is -0.452 e. The first-order chi connectivity index (χ1) is 10.0. The van der Waals surface area contributed by atoms with Crippen LogP contribution in [-0.4, -0.2) is 31.1 Å². The molecule has 0 atom stereocenters. The summed E-state index contributed by atoms with van der Waals surface area (Å²) in [6, 6.07) is 6.26. The smallest absolute Gasteiger partial charge is 0.331 e. The van der Waals surface area contributed by atoms with Crippen molar-refractivity contribution >= 4 is 35.6 Å². The predicted octanol–water partition coefficient (Wildman–Crippen LogP) is 1.74. The zero-order valence-electron chi connectivity index (χ0n) is 11.4. The SMILES string of the molecule is CCNC(=O)NC(=O)COC(=O)/C=C/c1cccc(Cl)c1. The molecule has 0 fully saturated rings. The van der Waals surface area contributed by atoms with E-state index in [9.17, 15) is 14.4 Å². The number of ether oxygens (including phenoxy) is 1. The first kappa shape index (κ1) is 16.7. The lowest BCUT2D eigenvalue weighted by Gasteiger charge is -2.04. The Morgan fingerprint density at radius 2 is 2.10 bits per heavy atom. The molecule has 0 aliphatic rings. The molecule has 6 nitrogen and oxygen atoms in total. The lowest BCUT2D eigenvalue weighted by molar-refractivity contribution is -0.143. The number of hydrogen-bond donors (Lipinski definition) is 2. The molecule has 0 spiro atoms. The molecule has 2 N–H and O–H groups in total. The second kappa shape index (κ2) is 8.76. The van der Waals surface area contributed by atoms with Gasteiger partial charge in [-0.3, -0.25) is 10.1 Å². The zero-order valence-corrected chi connectivity index (χ0v) is 12.1. The summed E-state index contributed by atoms with van der Waals surface area (Å²) < 4.78 is 4.68. The predicted molar refractivity (Wildman–Crippen MR) is 78.7 cm³/mol. The summed E-state index contributed by atoms with van der Waals surface area (Å²) in [5.41, 5.74) is 0.728. The van der Waals surface area contributed by atoms with E-state index in [2.05, 4.69) is 10.1 Å². The quantitative estimate of drug-likeness (QED) is 0.641. The lowest BCUT2D eigenvalue weighted by atomic mass is 10.2. The third-order valence-electron chi connectivity index (χ3n) is 2.20. The van der Waals surface area contributed by atoms with Gasteiger partial charge >= 0.3 is 12.0 Å². The number of halogens is 1. The Morgan fingerprint density at radius 3 is 2.76 bits per heavy atom. The molecule has 0 saturated carbocycles. The van der Waals surface area contributed by atoms with Gasteiger partial charge in [-0.15, -0.1) is 0 Å². The summed E-state index contributed by atoms with van der Waals surface area (Å²) >= 11 is 5.80. The number of rotatable bonds is 5. The molecule has 1 aromatic rings. The average molecular weight is 311 g/mol. The van der Waals surface area contributed by atoms with Gasteiger partial charge in [0.25, 0.3) is 5.91 Å². The summed E-state index contributed by atoms with van der Waals surface area (Å²) in [5, 5.41) is 4.94. The summed E-state index contributed by atoms with van der Waals surface area (Å²) in [6.45, 7) is 1.57. The maximum Gasteiger partial charge on any atom is 0.331 e. The number of nitrogens with one attached hydrogen (secondary N) is 2. The molecule has 3 amide bonds. The molecule has 0 unspecified atom stereocenters. The van der Waals surface area contributed by atoms with Gasteiger partial charge in [0.05, 0.1) is 0 Å². The van der Waals surface area contributed by atoms with Crippen LogP contribution >= 0.6 is 11.6 Å². The molecular formula is C14H15ClN2O4. The molecule has 0 aliphatic heterocycles. The van der Waals surface area contributed by atoms with Crippen LogP contribution in [0.25, 0.3) is 6.08 Å². The van der Waals surface area contributed by atoms with Crippen LogP contribution in [0.5, 0.6) is 0 Å². The second-order valence-corrected chi connectivity index (χ2v) is 4.34. The van der Waals surface area contributed by atoms with Crippen molar-refractivity contribution in [2.45, 2.75) is 6.92 Å². The highest BCUT2D eigenvalue weighted by Crippen LogP contribution is 2.11. The zero-order chi connectivity index (χ0) is 15.7. The molecule has 112 valence electrons. The van der Waals surface area contributed by atoms with Crippen molar-refractivity contribution in [3.63, 3.8) is 0 Å². The summed E-state index contributed by atoms with van der Waals surface area (Å²) in [7, 11) is 0. The van der Waals surface area contributed by atoms with E-state index < -0.39 is 24.5 Å². The highest BCUT2D eigenvalue weighted by atomic mass is 35.5. The van der Waals surface area contributed by atoms with Crippen LogP contribution in [0.4, 0.5) is 4.79 Å². The molecule has 0 heterocycles. The van der Waals surface area contributed by atoms with Crippen molar-refractivity contribution < 1.29 is 19.1 Å². The second-order valence-electron chi connectivity index (χ2n) is 3.90. The van der Waals surface area contributed by atoms with Crippen LogP contribution in [0.2, 0.25) is 5.02 Å². The minimum atomic E-state index is -0.703. The lowest BCUT2D eigenvalue weighted by Crippen LogP contribution is -2.41. The maximum atomic E-state index is 11.4. The topological polar surface area (TPSA) is 84.5 Å². The summed E-state index contributed by atoms with van der Waals surface area (Å²) in [4.78, 5) is 33.7. The normalized spacial score (nSPS) is 10.2. The molecule has 1 aromatic carbocycles. The van der Waals surface area contributed by atoms with Crippen LogP contribution in [0.15, 0.2) is 30.3 Å². The van der Waals surface area contributed by atoms with E-state index in [4.69, 9.17) is 11.6 Å². The molecule has 0 aliphatic carbocycles. The number of benzene rings is 1. The van der Waals surface area contributed by atoms with E-state index in [-0.39, 0.29) is 0 Å². The Kier molecular flexibility index (Phi) is 6.97. The fourth-order valence-corrected chi connectivity index (χ4v) is 1.53. The Bertz CT molecular complexity index is 558. The van der Waals surface area contributed by atoms with E-state index in [1.807, 2.05) is 5.32 Å². The number of amides is 3. The van der Waals surface area contributed by atoms with Crippen molar-refractivity contribution in [3.05, 3.63) is 40.9 Å². The molecule has 1 rings (SSSR count). The Morgan fingerprint density at radius 1 is 1.33 bits per heavy atom. The van der Waals surface area contributed by atoms with Crippen molar-refractivity contribution in [3.8, 4) is 0 Å². The molecule has 0 aromatic heterocycles.